The zero-order valence-corrected chi connectivity index (χ0v) is 14.0. The van der Waals surface area contributed by atoms with Gasteiger partial charge in [-0.05, 0) is 35.6 Å². The third kappa shape index (κ3) is 3.39. The van der Waals surface area contributed by atoms with Gasteiger partial charge in [-0.15, -0.1) is 0 Å². The maximum Gasteiger partial charge on any atom is 0.151 e. The van der Waals surface area contributed by atoms with Gasteiger partial charge in [0.05, 0.1) is 7.11 Å². The van der Waals surface area contributed by atoms with Crippen LogP contribution in [0.25, 0.3) is 21.9 Å². The lowest BCUT2D eigenvalue weighted by Crippen LogP contribution is -2.07. The van der Waals surface area contributed by atoms with Crippen LogP contribution in [0.2, 0.25) is 0 Å². The molecule has 1 aromatic heterocycles. The third-order valence-electron chi connectivity index (χ3n) is 4.01. The standard InChI is InChI=1S/C20H19N3O2/c1-25-15-8-9-16-17(12-15)19(14-6-3-2-4-7-14)18(13-21)23-20(16)22-10-5-11-24/h2-4,6-9,12,24H,5,10-11H2,1H3,(H,22,23). The lowest BCUT2D eigenvalue weighted by atomic mass is 9.97. The number of nitrogens with one attached hydrogen (secondary N) is 1. The van der Waals surface area contributed by atoms with Gasteiger partial charge in [0.1, 0.15) is 17.6 Å². The van der Waals surface area contributed by atoms with Crippen molar-refractivity contribution < 1.29 is 9.84 Å². The summed E-state index contributed by atoms with van der Waals surface area (Å²) in [5.74, 6) is 1.36. The van der Waals surface area contributed by atoms with Crippen molar-refractivity contribution in [2.75, 3.05) is 25.6 Å². The number of rotatable bonds is 6. The van der Waals surface area contributed by atoms with E-state index in [1.54, 1.807) is 7.11 Å². The second-order valence-electron chi connectivity index (χ2n) is 5.58. The van der Waals surface area contributed by atoms with E-state index < -0.39 is 0 Å². The molecule has 3 rings (SSSR count). The van der Waals surface area contributed by atoms with E-state index in [0.29, 0.717) is 24.5 Å². The molecule has 5 heteroatoms. The average Bonchev–Trinajstić information content (AvgIpc) is 2.67. The summed E-state index contributed by atoms with van der Waals surface area (Å²) in [6.07, 6.45) is 0.613. The number of methoxy groups -OCH3 is 1. The van der Waals surface area contributed by atoms with Gasteiger partial charge >= 0.3 is 0 Å². The van der Waals surface area contributed by atoms with Crippen LogP contribution in [0.4, 0.5) is 5.82 Å². The van der Waals surface area contributed by atoms with Gasteiger partial charge in [0, 0.05) is 24.1 Å². The number of nitrogens with zero attached hydrogens (tertiary/aromatic N) is 2. The molecule has 0 aliphatic carbocycles. The summed E-state index contributed by atoms with van der Waals surface area (Å²) < 4.78 is 5.37. The van der Waals surface area contributed by atoms with Crippen molar-refractivity contribution in [2.45, 2.75) is 6.42 Å². The highest BCUT2D eigenvalue weighted by Crippen LogP contribution is 2.36. The van der Waals surface area contributed by atoms with E-state index in [4.69, 9.17) is 9.84 Å². The number of aliphatic hydroxyl groups is 1. The van der Waals surface area contributed by atoms with Crippen LogP contribution in [0.1, 0.15) is 12.1 Å². The molecule has 1 heterocycles. The van der Waals surface area contributed by atoms with Gasteiger partial charge in [0.2, 0.25) is 0 Å². The predicted molar refractivity (Wildman–Crippen MR) is 98.6 cm³/mol. The number of ether oxygens (including phenoxy) is 1. The predicted octanol–water partition coefficient (Wildman–Crippen LogP) is 3.58. The third-order valence-corrected chi connectivity index (χ3v) is 4.01. The summed E-state index contributed by atoms with van der Waals surface area (Å²) in [6.45, 7) is 0.687. The summed E-state index contributed by atoms with van der Waals surface area (Å²) >= 11 is 0. The Labute approximate surface area is 146 Å². The van der Waals surface area contributed by atoms with Gasteiger partial charge in [-0.2, -0.15) is 5.26 Å². The van der Waals surface area contributed by atoms with Gasteiger partial charge in [0.25, 0.3) is 0 Å². The molecular weight excluding hydrogens is 314 g/mol. The second-order valence-corrected chi connectivity index (χ2v) is 5.58. The fraction of sp³-hybridized carbons (Fsp3) is 0.200. The van der Waals surface area contributed by atoms with E-state index in [2.05, 4.69) is 16.4 Å². The highest BCUT2D eigenvalue weighted by Gasteiger charge is 2.16. The molecule has 2 aromatic carbocycles. The molecule has 3 aromatic rings. The zero-order chi connectivity index (χ0) is 17.6. The first-order chi connectivity index (χ1) is 12.3. The molecule has 0 aliphatic rings. The number of pyridine rings is 1. The van der Waals surface area contributed by atoms with E-state index in [1.165, 1.54) is 0 Å². The van der Waals surface area contributed by atoms with Crippen LogP contribution >= 0.6 is 0 Å². The topological polar surface area (TPSA) is 78.2 Å². The highest BCUT2D eigenvalue weighted by molar-refractivity contribution is 6.04. The molecule has 126 valence electrons. The number of anilines is 1. The molecule has 0 amide bonds. The molecule has 0 atom stereocenters. The SMILES string of the molecule is COc1ccc2c(NCCCO)nc(C#N)c(-c3ccccc3)c2c1. The van der Waals surface area contributed by atoms with Crippen LogP contribution in [-0.4, -0.2) is 30.4 Å². The maximum absolute atomic E-state index is 9.65. The molecule has 0 fully saturated rings. The molecule has 0 radical (unpaired) electrons. The van der Waals surface area contributed by atoms with Crippen molar-refractivity contribution in [3.63, 3.8) is 0 Å². The largest absolute Gasteiger partial charge is 0.497 e. The number of benzene rings is 2. The Kier molecular flexibility index (Phi) is 5.12. The zero-order valence-electron chi connectivity index (χ0n) is 14.0. The van der Waals surface area contributed by atoms with Crippen molar-refractivity contribution in [1.82, 2.24) is 4.98 Å². The first kappa shape index (κ1) is 16.7. The molecule has 0 saturated carbocycles. The van der Waals surface area contributed by atoms with E-state index in [0.717, 1.165) is 27.6 Å². The lowest BCUT2D eigenvalue weighted by Gasteiger charge is -2.15. The van der Waals surface area contributed by atoms with Gasteiger partial charge < -0.3 is 15.2 Å². The van der Waals surface area contributed by atoms with Crippen molar-refractivity contribution in [1.29, 1.82) is 5.26 Å². The molecule has 5 nitrogen and oxygen atoms in total. The summed E-state index contributed by atoms with van der Waals surface area (Å²) in [7, 11) is 1.62. The first-order valence-corrected chi connectivity index (χ1v) is 8.10. The highest BCUT2D eigenvalue weighted by atomic mass is 16.5. The Morgan fingerprint density at radius 3 is 2.64 bits per heavy atom. The van der Waals surface area contributed by atoms with Crippen LogP contribution in [0.5, 0.6) is 5.75 Å². The number of hydrogen-bond acceptors (Lipinski definition) is 5. The van der Waals surface area contributed by atoms with Gasteiger partial charge in [-0.1, -0.05) is 30.3 Å². The molecule has 0 unspecified atom stereocenters. The van der Waals surface area contributed by atoms with Crippen molar-refractivity contribution >= 4 is 16.6 Å². The number of aromatic nitrogens is 1. The van der Waals surface area contributed by atoms with Crippen molar-refractivity contribution in [3.8, 4) is 22.9 Å². The van der Waals surface area contributed by atoms with E-state index >= 15 is 0 Å². The number of fused-ring (bicyclic) bond motifs is 1. The molecule has 2 N–H and O–H groups in total. The fourth-order valence-electron chi connectivity index (χ4n) is 2.82. The van der Waals surface area contributed by atoms with Crippen LogP contribution in [0.15, 0.2) is 48.5 Å². The van der Waals surface area contributed by atoms with E-state index in [1.807, 2.05) is 48.5 Å². The summed E-state index contributed by atoms with van der Waals surface area (Å²) in [4.78, 5) is 4.53. The molecule has 25 heavy (non-hydrogen) atoms. The molecule has 0 saturated heterocycles. The average molecular weight is 333 g/mol. The number of aliphatic hydroxyl groups excluding tert-OH is 1. The lowest BCUT2D eigenvalue weighted by molar-refractivity contribution is 0.292. The number of hydrogen-bond donors (Lipinski definition) is 2. The van der Waals surface area contributed by atoms with Crippen LogP contribution in [0, 0.1) is 11.3 Å². The Morgan fingerprint density at radius 2 is 1.96 bits per heavy atom. The molecule has 0 spiro atoms. The quantitative estimate of drug-likeness (QED) is 0.674. The van der Waals surface area contributed by atoms with Gasteiger partial charge in [-0.3, -0.25) is 0 Å². The maximum atomic E-state index is 9.65. The molecule has 0 bridgehead atoms. The van der Waals surface area contributed by atoms with Crippen molar-refractivity contribution in [2.24, 2.45) is 0 Å². The van der Waals surface area contributed by atoms with Gasteiger partial charge in [-0.25, -0.2) is 4.98 Å². The second kappa shape index (κ2) is 7.65. The first-order valence-electron chi connectivity index (χ1n) is 8.10. The fourth-order valence-corrected chi connectivity index (χ4v) is 2.82. The Morgan fingerprint density at radius 1 is 1.16 bits per heavy atom. The Bertz CT molecular complexity index is 918. The minimum Gasteiger partial charge on any atom is -0.497 e. The molecule has 0 aliphatic heterocycles. The number of nitriles is 1. The van der Waals surface area contributed by atoms with E-state index in [-0.39, 0.29) is 6.61 Å². The summed E-state index contributed by atoms with van der Waals surface area (Å²) in [5, 5.41) is 23.7. The van der Waals surface area contributed by atoms with Crippen LogP contribution in [0.3, 0.4) is 0 Å². The summed E-state index contributed by atoms with van der Waals surface area (Å²) in [5.41, 5.74) is 2.09. The van der Waals surface area contributed by atoms with Crippen LogP contribution < -0.4 is 10.1 Å². The summed E-state index contributed by atoms with van der Waals surface area (Å²) in [6, 6.07) is 17.7. The van der Waals surface area contributed by atoms with Crippen LogP contribution in [-0.2, 0) is 0 Å². The normalized spacial score (nSPS) is 10.4. The smallest absolute Gasteiger partial charge is 0.151 e. The minimum absolute atomic E-state index is 0.103. The van der Waals surface area contributed by atoms with Crippen molar-refractivity contribution in [3.05, 3.63) is 54.2 Å². The monoisotopic (exact) mass is 333 g/mol. The van der Waals surface area contributed by atoms with E-state index in [9.17, 15) is 5.26 Å². The molecular formula is C20H19N3O2. The Balaban J connectivity index is 2.27. The Hall–Kier alpha value is -3.10. The van der Waals surface area contributed by atoms with Gasteiger partial charge in [0.15, 0.2) is 5.69 Å². The minimum atomic E-state index is 0.103.